The second-order valence-electron chi connectivity index (χ2n) is 5.93. The number of nitro benzene ring substituents is 1. The maximum atomic E-state index is 12.4. The number of benzene rings is 2. The van der Waals surface area contributed by atoms with Crippen LogP contribution < -0.4 is 5.32 Å². The van der Waals surface area contributed by atoms with E-state index in [2.05, 4.69) is 5.32 Å². The van der Waals surface area contributed by atoms with E-state index in [1.54, 1.807) is 0 Å². The molecule has 1 heterocycles. The Bertz CT molecular complexity index is 1010. The molecule has 0 unspecified atom stereocenters. The highest BCUT2D eigenvalue weighted by molar-refractivity contribution is 6.24. The van der Waals surface area contributed by atoms with E-state index in [0.717, 1.165) is 6.07 Å². The highest BCUT2D eigenvalue weighted by atomic mass is 16.6. The molecule has 2 aromatic rings. The number of nitro groups is 1. The van der Waals surface area contributed by atoms with Crippen molar-refractivity contribution >= 4 is 29.4 Å². The normalized spacial score (nSPS) is 12.6. The van der Waals surface area contributed by atoms with Gasteiger partial charge in [-0.25, -0.2) is 4.79 Å². The molecule has 10 nitrogen and oxygen atoms in total. The summed E-state index contributed by atoms with van der Waals surface area (Å²) in [7, 11) is 0. The number of nitrogens with zero attached hydrogens (tertiary/aromatic N) is 2. The van der Waals surface area contributed by atoms with Crippen LogP contribution in [0.4, 0.5) is 5.69 Å². The van der Waals surface area contributed by atoms with Crippen molar-refractivity contribution < 1.29 is 29.2 Å². The van der Waals surface area contributed by atoms with Gasteiger partial charge in [0.25, 0.3) is 17.5 Å². The Morgan fingerprint density at radius 3 is 2.36 bits per heavy atom. The largest absolute Gasteiger partial charge is 0.478 e. The Hall–Kier alpha value is -4.08. The maximum Gasteiger partial charge on any atom is 0.335 e. The van der Waals surface area contributed by atoms with E-state index < -0.39 is 40.8 Å². The average Bonchev–Trinajstić information content (AvgIpc) is 2.91. The summed E-state index contributed by atoms with van der Waals surface area (Å²) in [5, 5.41) is 22.4. The van der Waals surface area contributed by atoms with Crippen molar-refractivity contribution in [1.82, 2.24) is 10.2 Å². The number of imide groups is 1. The molecule has 0 fully saturated rings. The molecule has 3 rings (SSSR count). The van der Waals surface area contributed by atoms with Gasteiger partial charge in [-0.3, -0.25) is 29.4 Å². The fourth-order valence-corrected chi connectivity index (χ4v) is 2.78. The number of hydrogen-bond acceptors (Lipinski definition) is 6. The molecule has 0 aromatic heterocycles. The third kappa shape index (κ3) is 3.43. The van der Waals surface area contributed by atoms with Crippen LogP contribution in [0.5, 0.6) is 0 Å². The van der Waals surface area contributed by atoms with Crippen molar-refractivity contribution in [2.75, 3.05) is 6.54 Å². The molecule has 0 saturated heterocycles. The van der Waals surface area contributed by atoms with Crippen molar-refractivity contribution in [3.63, 3.8) is 0 Å². The molecule has 1 aliphatic heterocycles. The molecule has 2 N–H and O–H groups in total. The first-order valence-electron chi connectivity index (χ1n) is 8.02. The summed E-state index contributed by atoms with van der Waals surface area (Å²) in [6.07, 6.45) is 0. The average molecular weight is 383 g/mol. The lowest BCUT2D eigenvalue weighted by Gasteiger charge is -2.13. The van der Waals surface area contributed by atoms with E-state index in [1.807, 2.05) is 0 Å². The molecule has 0 aliphatic carbocycles. The van der Waals surface area contributed by atoms with Gasteiger partial charge in [-0.1, -0.05) is 18.2 Å². The highest BCUT2D eigenvalue weighted by Gasteiger charge is 2.41. The lowest BCUT2D eigenvalue weighted by molar-refractivity contribution is -0.385. The number of carboxylic acids is 1. The molecule has 0 bridgehead atoms. The van der Waals surface area contributed by atoms with Crippen molar-refractivity contribution in [3.05, 3.63) is 74.8 Å². The van der Waals surface area contributed by atoms with Gasteiger partial charge in [0.05, 0.1) is 16.1 Å². The van der Waals surface area contributed by atoms with Crippen LogP contribution in [0.1, 0.15) is 36.6 Å². The number of fused-ring (bicyclic) bond motifs is 1. The van der Waals surface area contributed by atoms with Gasteiger partial charge in [-0.15, -0.1) is 0 Å². The van der Waals surface area contributed by atoms with Gasteiger partial charge >= 0.3 is 5.97 Å². The summed E-state index contributed by atoms with van der Waals surface area (Å²) in [6, 6.07) is 9.52. The Balaban J connectivity index is 1.67. The summed E-state index contributed by atoms with van der Waals surface area (Å²) in [6.45, 7) is -0.529. The number of carboxylic acid groups (broad SMARTS) is 1. The first kappa shape index (κ1) is 18.7. The minimum Gasteiger partial charge on any atom is -0.478 e. The molecular weight excluding hydrogens is 370 g/mol. The van der Waals surface area contributed by atoms with Crippen LogP contribution >= 0.6 is 0 Å². The summed E-state index contributed by atoms with van der Waals surface area (Å²) >= 11 is 0. The fourth-order valence-electron chi connectivity index (χ4n) is 2.78. The van der Waals surface area contributed by atoms with Crippen LogP contribution in [0.25, 0.3) is 0 Å². The van der Waals surface area contributed by atoms with Crippen LogP contribution in [-0.4, -0.2) is 45.2 Å². The second kappa shape index (κ2) is 7.27. The molecule has 142 valence electrons. The van der Waals surface area contributed by atoms with Gasteiger partial charge in [0.1, 0.15) is 12.1 Å². The van der Waals surface area contributed by atoms with E-state index in [1.165, 1.54) is 36.4 Å². The highest BCUT2D eigenvalue weighted by Crippen LogP contribution is 2.30. The van der Waals surface area contributed by atoms with Gasteiger partial charge in [-0.2, -0.15) is 0 Å². The van der Waals surface area contributed by atoms with Gasteiger partial charge < -0.3 is 10.4 Å². The zero-order chi connectivity index (χ0) is 20.4. The number of hydrogen-bond donors (Lipinski definition) is 2. The van der Waals surface area contributed by atoms with Crippen LogP contribution in [0.15, 0.2) is 42.5 Å². The summed E-state index contributed by atoms with van der Waals surface area (Å²) in [5.41, 5.74) is -0.206. The first-order chi connectivity index (χ1) is 13.3. The van der Waals surface area contributed by atoms with E-state index in [-0.39, 0.29) is 23.2 Å². The number of aromatic carboxylic acids is 1. The van der Waals surface area contributed by atoms with Crippen LogP contribution in [0.3, 0.4) is 0 Å². The van der Waals surface area contributed by atoms with Gasteiger partial charge in [0, 0.05) is 12.6 Å². The molecule has 0 radical (unpaired) electrons. The zero-order valence-electron chi connectivity index (χ0n) is 14.2. The second-order valence-corrected chi connectivity index (χ2v) is 5.93. The fraction of sp³-hybridized carbons (Fsp3) is 0.111. The third-order valence-corrected chi connectivity index (χ3v) is 4.17. The minimum atomic E-state index is -1.07. The molecular formula is C18H13N3O7. The van der Waals surface area contributed by atoms with Crippen molar-refractivity contribution in [2.24, 2.45) is 0 Å². The molecule has 28 heavy (non-hydrogen) atoms. The zero-order valence-corrected chi connectivity index (χ0v) is 14.2. The molecule has 0 spiro atoms. The standard InChI is InChI=1S/C18H13N3O7/c22-14(19-8-10-4-6-11(7-5-10)18(25)26)9-20-16(23)12-2-1-3-13(21(27)28)15(12)17(20)24/h1-7H,8-9H2,(H,19,22)(H,25,26). The Labute approximate surface area is 157 Å². The number of carbonyl (C=O) groups is 4. The molecule has 1 aliphatic rings. The Morgan fingerprint density at radius 1 is 1.07 bits per heavy atom. The monoisotopic (exact) mass is 383 g/mol. The van der Waals surface area contributed by atoms with Crippen LogP contribution in [0.2, 0.25) is 0 Å². The topological polar surface area (TPSA) is 147 Å². The SMILES string of the molecule is O=C(CN1C(=O)c2cccc([N+](=O)[O-])c2C1=O)NCc1ccc(C(=O)O)cc1. The van der Waals surface area contributed by atoms with E-state index >= 15 is 0 Å². The smallest absolute Gasteiger partial charge is 0.335 e. The van der Waals surface area contributed by atoms with Crippen molar-refractivity contribution in [2.45, 2.75) is 6.54 Å². The summed E-state index contributed by atoms with van der Waals surface area (Å²) in [4.78, 5) is 58.7. The predicted molar refractivity (Wildman–Crippen MR) is 93.7 cm³/mol. The predicted octanol–water partition coefficient (Wildman–Crippen LogP) is 1.21. The maximum absolute atomic E-state index is 12.4. The quantitative estimate of drug-likeness (QED) is 0.433. The van der Waals surface area contributed by atoms with E-state index in [9.17, 15) is 29.3 Å². The lowest BCUT2D eigenvalue weighted by atomic mass is 10.1. The molecule has 0 atom stereocenters. The molecule has 3 amide bonds. The van der Waals surface area contributed by atoms with E-state index in [4.69, 9.17) is 5.11 Å². The summed E-state index contributed by atoms with van der Waals surface area (Å²) < 4.78 is 0. The number of rotatable bonds is 6. The van der Waals surface area contributed by atoms with Crippen LogP contribution in [-0.2, 0) is 11.3 Å². The Morgan fingerprint density at radius 2 is 1.75 bits per heavy atom. The number of nitrogens with one attached hydrogen (secondary N) is 1. The van der Waals surface area contributed by atoms with Crippen molar-refractivity contribution in [1.29, 1.82) is 0 Å². The number of amides is 3. The van der Waals surface area contributed by atoms with Gasteiger partial charge in [-0.05, 0) is 23.8 Å². The molecule has 2 aromatic carbocycles. The molecule has 0 saturated carbocycles. The minimum absolute atomic E-state index is 0.0576. The van der Waals surface area contributed by atoms with Gasteiger partial charge in [0.15, 0.2) is 0 Å². The summed E-state index contributed by atoms with van der Waals surface area (Å²) in [5.74, 6) is -3.38. The van der Waals surface area contributed by atoms with Gasteiger partial charge in [0.2, 0.25) is 5.91 Å². The molecule has 10 heteroatoms. The van der Waals surface area contributed by atoms with E-state index in [0.29, 0.717) is 10.5 Å². The Kier molecular flexibility index (Phi) is 4.86. The van der Waals surface area contributed by atoms with Crippen LogP contribution in [0, 0.1) is 10.1 Å². The lowest BCUT2D eigenvalue weighted by Crippen LogP contribution is -2.40. The number of carbonyl (C=O) groups excluding carboxylic acids is 3. The van der Waals surface area contributed by atoms with Crippen molar-refractivity contribution in [3.8, 4) is 0 Å². The third-order valence-electron chi connectivity index (χ3n) is 4.17. The first-order valence-corrected chi connectivity index (χ1v) is 8.02.